The molecule has 0 aliphatic heterocycles. The lowest BCUT2D eigenvalue weighted by Gasteiger charge is -2.13. The second-order valence-corrected chi connectivity index (χ2v) is 3.67. The van der Waals surface area contributed by atoms with E-state index in [1.54, 1.807) is 12.1 Å². The largest absolute Gasteiger partial charge is 0.494 e. The van der Waals surface area contributed by atoms with E-state index in [9.17, 15) is 9.18 Å². The molecule has 1 atom stereocenters. The van der Waals surface area contributed by atoms with Gasteiger partial charge in [-0.25, -0.2) is 4.39 Å². The van der Waals surface area contributed by atoms with E-state index in [-0.39, 0.29) is 17.5 Å². The number of halogens is 1. The van der Waals surface area contributed by atoms with Gasteiger partial charge in [-0.2, -0.15) is 0 Å². The Morgan fingerprint density at radius 3 is 2.73 bits per heavy atom. The molecule has 0 amide bonds. The minimum Gasteiger partial charge on any atom is -0.494 e. The fourth-order valence-corrected chi connectivity index (χ4v) is 1.54. The molecule has 1 aromatic rings. The van der Waals surface area contributed by atoms with Crippen molar-refractivity contribution in [3.63, 3.8) is 0 Å². The molecule has 0 saturated heterocycles. The summed E-state index contributed by atoms with van der Waals surface area (Å²) < 4.78 is 18.7. The Balaban J connectivity index is 3.16. The summed E-state index contributed by atoms with van der Waals surface area (Å²) in [6, 6.07) is 3.40. The van der Waals surface area contributed by atoms with E-state index in [0.717, 1.165) is 11.8 Å². The van der Waals surface area contributed by atoms with Crippen molar-refractivity contribution in [1.29, 1.82) is 0 Å². The lowest BCUT2D eigenvalue weighted by Crippen LogP contribution is -2.01. The third-order valence-electron chi connectivity index (χ3n) is 2.41. The van der Waals surface area contributed by atoms with Gasteiger partial charge in [0.05, 0.1) is 7.11 Å². The summed E-state index contributed by atoms with van der Waals surface area (Å²) >= 11 is 0. The van der Waals surface area contributed by atoms with Crippen molar-refractivity contribution in [2.75, 3.05) is 7.11 Å². The molecule has 0 aromatic heterocycles. The molecule has 0 radical (unpaired) electrons. The maximum Gasteiger partial charge on any atom is 0.168 e. The van der Waals surface area contributed by atoms with Gasteiger partial charge >= 0.3 is 0 Å². The number of benzene rings is 1. The average molecular weight is 210 g/mol. The van der Waals surface area contributed by atoms with Crippen molar-refractivity contribution >= 4 is 6.29 Å². The van der Waals surface area contributed by atoms with Gasteiger partial charge in [-0.1, -0.05) is 13.0 Å². The molecule has 0 aliphatic rings. The fourth-order valence-electron chi connectivity index (χ4n) is 1.54. The van der Waals surface area contributed by atoms with Gasteiger partial charge in [-0.05, 0) is 30.0 Å². The third kappa shape index (κ3) is 2.55. The normalized spacial score (nSPS) is 12.3. The highest BCUT2D eigenvalue weighted by atomic mass is 19.1. The molecule has 2 nitrogen and oxygen atoms in total. The first-order valence-corrected chi connectivity index (χ1v) is 4.87. The molecule has 0 aliphatic carbocycles. The van der Waals surface area contributed by atoms with Crippen LogP contribution in [-0.4, -0.2) is 13.4 Å². The van der Waals surface area contributed by atoms with E-state index in [1.807, 2.05) is 13.8 Å². The van der Waals surface area contributed by atoms with E-state index in [1.165, 1.54) is 7.11 Å². The van der Waals surface area contributed by atoms with Crippen LogP contribution in [0.1, 0.15) is 30.4 Å². The molecule has 1 rings (SSSR count). The minimum atomic E-state index is -0.363. The zero-order valence-electron chi connectivity index (χ0n) is 9.21. The lowest BCUT2D eigenvalue weighted by molar-refractivity contribution is -0.108. The predicted octanol–water partition coefficient (Wildman–Crippen LogP) is 2.84. The van der Waals surface area contributed by atoms with Crippen LogP contribution in [0, 0.1) is 12.7 Å². The van der Waals surface area contributed by atoms with E-state index in [4.69, 9.17) is 4.74 Å². The SMILES string of the molecule is COc1cc(C)cc(C(C)CC=O)c1F. The highest BCUT2D eigenvalue weighted by molar-refractivity contribution is 5.52. The zero-order valence-corrected chi connectivity index (χ0v) is 9.21. The molecule has 0 saturated carbocycles. The maximum atomic E-state index is 13.8. The Morgan fingerprint density at radius 1 is 1.53 bits per heavy atom. The summed E-state index contributed by atoms with van der Waals surface area (Å²) in [7, 11) is 1.44. The van der Waals surface area contributed by atoms with Gasteiger partial charge < -0.3 is 9.53 Å². The van der Waals surface area contributed by atoms with Crippen LogP contribution in [0.25, 0.3) is 0 Å². The van der Waals surface area contributed by atoms with Gasteiger partial charge in [0.1, 0.15) is 6.29 Å². The number of carbonyl (C=O) groups is 1. The molecular formula is C12H15FO2. The van der Waals surface area contributed by atoms with Crippen LogP contribution in [-0.2, 0) is 4.79 Å². The van der Waals surface area contributed by atoms with Gasteiger partial charge in [-0.3, -0.25) is 0 Å². The molecule has 82 valence electrons. The van der Waals surface area contributed by atoms with Crippen LogP contribution >= 0.6 is 0 Å². The van der Waals surface area contributed by atoms with Crippen LogP contribution in [0.3, 0.4) is 0 Å². The Labute approximate surface area is 89.1 Å². The Kier molecular flexibility index (Phi) is 3.83. The first-order valence-electron chi connectivity index (χ1n) is 4.87. The van der Waals surface area contributed by atoms with Gasteiger partial charge in [0.25, 0.3) is 0 Å². The topological polar surface area (TPSA) is 26.3 Å². The van der Waals surface area contributed by atoms with Crippen molar-refractivity contribution in [2.24, 2.45) is 0 Å². The first-order chi connectivity index (χ1) is 7.10. The number of hydrogen-bond donors (Lipinski definition) is 0. The second kappa shape index (κ2) is 4.91. The molecular weight excluding hydrogens is 195 g/mol. The number of rotatable bonds is 4. The summed E-state index contributed by atoms with van der Waals surface area (Å²) in [5, 5.41) is 0. The molecule has 0 bridgehead atoms. The van der Waals surface area contributed by atoms with Gasteiger partial charge in [0.2, 0.25) is 0 Å². The number of methoxy groups -OCH3 is 1. The van der Waals surface area contributed by atoms with E-state index >= 15 is 0 Å². The number of aryl methyl sites for hydroxylation is 1. The van der Waals surface area contributed by atoms with E-state index in [0.29, 0.717) is 12.0 Å². The van der Waals surface area contributed by atoms with Gasteiger partial charge in [-0.15, -0.1) is 0 Å². The molecule has 0 heterocycles. The van der Waals surface area contributed by atoms with Crippen molar-refractivity contribution in [3.05, 3.63) is 29.1 Å². The smallest absolute Gasteiger partial charge is 0.168 e. The first kappa shape index (κ1) is 11.7. The standard InChI is InChI=1S/C12H15FO2/c1-8-6-10(9(2)4-5-14)12(13)11(7-8)15-3/h5-7,9H,4H2,1-3H3. The monoisotopic (exact) mass is 210 g/mol. The highest BCUT2D eigenvalue weighted by Crippen LogP contribution is 2.29. The van der Waals surface area contributed by atoms with Crippen LogP contribution < -0.4 is 4.74 Å². The summed E-state index contributed by atoms with van der Waals surface area (Å²) in [6.45, 7) is 3.70. The van der Waals surface area contributed by atoms with Crippen LogP contribution in [0.5, 0.6) is 5.75 Å². The molecule has 1 aromatic carbocycles. The number of ether oxygens (including phenoxy) is 1. The van der Waals surface area contributed by atoms with E-state index in [2.05, 4.69) is 0 Å². The molecule has 0 N–H and O–H groups in total. The van der Waals surface area contributed by atoms with E-state index < -0.39 is 0 Å². The van der Waals surface area contributed by atoms with Crippen molar-refractivity contribution in [1.82, 2.24) is 0 Å². The Hall–Kier alpha value is -1.38. The van der Waals surface area contributed by atoms with Crippen LogP contribution in [0.2, 0.25) is 0 Å². The minimum absolute atomic E-state index is 0.115. The summed E-state index contributed by atoms with van der Waals surface area (Å²) in [6.07, 6.45) is 1.13. The summed E-state index contributed by atoms with van der Waals surface area (Å²) in [4.78, 5) is 10.4. The maximum absolute atomic E-state index is 13.8. The quantitative estimate of drug-likeness (QED) is 0.714. The predicted molar refractivity (Wildman–Crippen MR) is 56.8 cm³/mol. The van der Waals surface area contributed by atoms with Gasteiger partial charge in [0.15, 0.2) is 11.6 Å². The van der Waals surface area contributed by atoms with Crippen molar-refractivity contribution < 1.29 is 13.9 Å². The zero-order chi connectivity index (χ0) is 11.4. The number of hydrogen-bond acceptors (Lipinski definition) is 2. The Bertz CT molecular complexity index is 361. The van der Waals surface area contributed by atoms with Crippen LogP contribution in [0.4, 0.5) is 4.39 Å². The fraction of sp³-hybridized carbons (Fsp3) is 0.417. The Morgan fingerprint density at radius 2 is 2.20 bits per heavy atom. The number of carbonyl (C=O) groups excluding carboxylic acids is 1. The molecule has 1 unspecified atom stereocenters. The highest BCUT2D eigenvalue weighted by Gasteiger charge is 2.15. The third-order valence-corrected chi connectivity index (χ3v) is 2.41. The molecule has 15 heavy (non-hydrogen) atoms. The average Bonchev–Trinajstić information content (AvgIpc) is 2.21. The van der Waals surface area contributed by atoms with Gasteiger partial charge in [0, 0.05) is 6.42 Å². The molecule has 0 spiro atoms. The second-order valence-electron chi connectivity index (χ2n) is 3.67. The molecule has 0 fully saturated rings. The number of aldehydes is 1. The van der Waals surface area contributed by atoms with Crippen molar-refractivity contribution in [2.45, 2.75) is 26.2 Å². The van der Waals surface area contributed by atoms with Crippen LogP contribution in [0.15, 0.2) is 12.1 Å². The molecule has 3 heteroatoms. The summed E-state index contributed by atoms with van der Waals surface area (Å²) in [5.74, 6) is -0.239. The summed E-state index contributed by atoms with van der Waals surface area (Å²) in [5.41, 5.74) is 1.47. The van der Waals surface area contributed by atoms with Crippen molar-refractivity contribution in [3.8, 4) is 5.75 Å². The lowest BCUT2D eigenvalue weighted by atomic mass is 9.96.